The predicted octanol–water partition coefficient (Wildman–Crippen LogP) is 3.47. The second-order valence-corrected chi connectivity index (χ2v) is 3.47. The maximum absolute atomic E-state index is 10.6. The Hall–Kier alpha value is -2.33. The lowest BCUT2D eigenvalue weighted by Gasteiger charge is -2.08. The molecular weight excluding hydrogens is 256 g/mol. The predicted molar refractivity (Wildman–Crippen MR) is 79.5 cm³/mol. The topological polar surface area (TPSA) is 66.8 Å². The van der Waals surface area contributed by atoms with Gasteiger partial charge in [-0.2, -0.15) is 0 Å². The second kappa shape index (κ2) is 9.58. The van der Waals surface area contributed by atoms with Crippen molar-refractivity contribution in [2.75, 3.05) is 0 Å². The Kier molecular flexibility index (Phi) is 8.46. The molecule has 108 valence electrons. The van der Waals surface area contributed by atoms with Crippen LogP contribution in [0, 0.1) is 0 Å². The molecule has 0 saturated carbocycles. The molecule has 1 aromatic carbocycles. The number of hydrogen-bond donors (Lipinski definition) is 2. The molecule has 0 fully saturated rings. The number of allylic oxidation sites excluding steroid dienone is 3. The zero-order chi connectivity index (χ0) is 15.5. The van der Waals surface area contributed by atoms with Crippen LogP contribution in [0.2, 0.25) is 0 Å². The van der Waals surface area contributed by atoms with E-state index in [1.807, 2.05) is 13.8 Å². The van der Waals surface area contributed by atoms with E-state index < -0.39 is 12.1 Å². The third-order valence-electron chi connectivity index (χ3n) is 2.10. The Balaban J connectivity index is 0.00000172. The van der Waals surface area contributed by atoms with E-state index in [1.165, 1.54) is 12.1 Å². The highest BCUT2D eigenvalue weighted by molar-refractivity contribution is 5.74. The number of aliphatic hydroxyl groups is 1. The lowest BCUT2D eigenvalue weighted by molar-refractivity contribution is -0.146. The molecule has 0 bridgehead atoms. The zero-order valence-corrected chi connectivity index (χ0v) is 11.7. The average molecular weight is 276 g/mol. The van der Waals surface area contributed by atoms with Crippen LogP contribution in [0.1, 0.15) is 25.5 Å². The molecule has 4 nitrogen and oxygen atoms in total. The Labute approximate surface area is 119 Å². The average Bonchev–Trinajstić information content (AvgIpc) is 2.47. The first-order chi connectivity index (χ1) is 9.54. The van der Waals surface area contributed by atoms with E-state index in [1.54, 1.807) is 30.4 Å². The minimum atomic E-state index is -1.53. The molecule has 0 spiro atoms. The summed E-state index contributed by atoms with van der Waals surface area (Å²) in [6.07, 6.45) is 3.40. The summed E-state index contributed by atoms with van der Waals surface area (Å²) in [5.74, 6) is -0.349. The number of carbonyl (C=O) groups is 1. The molecule has 0 heterocycles. The number of ether oxygens (including phenoxy) is 1. The number of aliphatic hydroxyl groups excluding tert-OH is 1. The number of hydrogen-bond acceptors (Lipinski definition) is 3. The lowest BCUT2D eigenvalue weighted by atomic mass is 10.1. The normalized spacial score (nSPS) is 11.2. The van der Waals surface area contributed by atoms with Crippen LogP contribution in [0.3, 0.4) is 0 Å². The van der Waals surface area contributed by atoms with Crippen molar-refractivity contribution in [1.82, 2.24) is 0 Å². The van der Waals surface area contributed by atoms with Gasteiger partial charge in [0.05, 0.1) is 0 Å². The highest BCUT2D eigenvalue weighted by Gasteiger charge is 2.15. The van der Waals surface area contributed by atoms with Crippen molar-refractivity contribution in [3.05, 3.63) is 67.0 Å². The minimum Gasteiger partial charge on any atom is -0.479 e. The third kappa shape index (κ3) is 6.02. The van der Waals surface area contributed by atoms with Crippen LogP contribution < -0.4 is 4.74 Å². The van der Waals surface area contributed by atoms with E-state index in [0.717, 1.165) is 0 Å². The summed E-state index contributed by atoms with van der Waals surface area (Å²) in [5.41, 5.74) is 0.294. The largest absolute Gasteiger partial charge is 0.479 e. The highest BCUT2D eigenvalue weighted by atomic mass is 16.5. The van der Waals surface area contributed by atoms with Crippen LogP contribution in [-0.4, -0.2) is 16.2 Å². The van der Waals surface area contributed by atoms with Gasteiger partial charge in [0.25, 0.3) is 0 Å². The van der Waals surface area contributed by atoms with Crippen LogP contribution >= 0.6 is 0 Å². The van der Waals surface area contributed by atoms with Crippen LogP contribution in [0.5, 0.6) is 5.75 Å². The van der Waals surface area contributed by atoms with Gasteiger partial charge in [0, 0.05) is 0 Å². The van der Waals surface area contributed by atoms with Crippen molar-refractivity contribution >= 4 is 5.97 Å². The molecule has 1 rings (SSSR count). The van der Waals surface area contributed by atoms with Crippen LogP contribution in [0.25, 0.3) is 0 Å². The van der Waals surface area contributed by atoms with E-state index in [9.17, 15) is 9.90 Å². The van der Waals surface area contributed by atoms with E-state index in [4.69, 9.17) is 9.84 Å². The molecule has 0 radical (unpaired) electrons. The molecule has 20 heavy (non-hydrogen) atoms. The summed E-state index contributed by atoms with van der Waals surface area (Å²) in [7, 11) is 0. The minimum absolute atomic E-state index is 0.294. The van der Waals surface area contributed by atoms with E-state index >= 15 is 0 Å². The summed E-state index contributed by atoms with van der Waals surface area (Å²) in [6.45, 7) is 11.2. The van der Waals surface area contributed by atoms with Crippen molar-refractivity contribution < 1.29 is 19.7 Å². The molecule has 1 aromatic rings. The van der Waals surface area contributed by atoms with Crippen LogP contribution in [0.15, 0.2) is 61.4 Å². The zero-order valence-electron chi connectivity index (χ0n) is 11.7. The van der Waals surface area contributed by atoms with Gasteiger partial charge in [0.15, 0.2) is 6.10 Å². The smallest absolute Gasteiger partial charge is 0.337 e. The van der Waals surface area contributed by atoms with E-state index in [-0.39, 0.29) is 0 Å². The van der Waals surface area contributed by atoms with Crippen molar-refractivity contribution in [2.45, 2.75) is 20.0 Å². The standard InChI is InChI=1S/C14H14O4.C2H6/c1-3-4-5-10(2)18-12-8-6-11(7-9-12)13(15)14(16)17;1-2/h3-9,13,15H,1-2H2,(H,16,17);1-2H3/b5-4-;. The Bertz CT molecular complexity index is 472. The fourth-order valence-electron chi connectivity index (χ4n) is 1.22. The first-order valence-corrected chi connectivity index (χ1v) is 6.21. The summed E-state index contributed by atoms with van der Waals surface area (Å²) in [5, 5.41) is 17.9. The molecule has 4 heteroatoms. The SMILES string of the molecule is C=C/C=C\C(=C)Oc1ccc(C(O)C(=O)O)cc1.CC. The number of rotatable bonds is 6. The fourth-order valence-corrected chi connectivity index (χ4v) is 1.22. The van der Waals surface area contributed by atoms with Gasteiger partial charge in [-0.05, 0) is 23.8 Å². The molecule has 0 aliphatic carbocycles. The van der Waals surface area contributed by atoms with Gasteiger partial charge in [-0.25, -0.2) is 4.79 Å². The number of carboxylic acids is 1. The second-order valence-electron chi connectivity index (χ2n) is 3.47. The molecule has 0 saturated heterocycles. The van der Waals surface area contributed by atoms with Gasteiger partial charge in [-0.1, -0.05) is 51.3 Å². The maximum atomic E-state index is 10.6. The van der Waals surface area contributed by atoms with Gasteiger partial charge < -0.3 is 14.9 Å². The molecule has 0 aliphatic rings. The Morgan fingerprint density at radius 1 is 1.30 bits per heavy atom. The van der Waals surface area contributed by atoms with E-state index in [0.29, 0.717) is 17.1 Å². The monoisotopic (exact) mass is 276 g/mol. The molecule has 0 aromatic heterocycles. The summed E-state index contributed by atoms with van der Waals surface area (Å²) >= 11 is 0. The first-order valence-electron chi connectivity index (χ1n) is 6.21. The summed E-state index contributed by atoms with van der Waals surface area (Å²) in [6, 6.07) is 6.10. The molecule has 2 N–H and O–H groups in total. The molecule has 0 aliphatic heterocycles. The quantitative estimate of drug-likeness (QED) is 0.616. The van der Waals surface area contributed by atoms with Crippen molar-refractivity contribution in [1.29, 1.82) is 0 Å². The van der Waals surface area contributed by atoms with Crippen LogP contribution in [-0.2, 0) is 4.79 Å². The Morgan fingerprint density at radius 2 is 1.85 bits per heavy atom. The van der Waals surface area contributed by atoms with Gasteiger partial charge in [0.1, 0.15) is 11.5 Å². The van der Waals surface area contributed by atoms with E-state index in [2.05, 4.69) is 13.2 Å². The fraction of sp³-hybridized carbons (Fsp3) is 0.188. The maximum Gasteiger partial charge on any atom is 0.337 e. The molecule has 1 atom stereocenters. The third-order valence-corrected chi connectivity index (χ3v) is 2.10. The highest BCUT2D eigenvalue weighted by Crippen LogP contribution is 2.19. The van der Waals surface area contributed by atoms with Crippen molar-refractivity contribution in [3.8, 4) is 5.75 Å². The molecule has 0 amide bonds. The van der Waals surface area contributed by atoms with Gasteiger partial charge in [0.2, 0.25) is 0 Å². The number of benzene rings is 1. The van der Waals surface area contributed by atoms with Crippen LogP contribution in [0.4, 0.5) is 0 Å². The molecule has 1 unspecified atom stereocenters. The lowest BCUT2D eigenvalue weighted by Crippen LogP contribution is -2.10. The summed E-state index contributed by atoms with van der Waals surface area (Å²) < 4.78 is 5.35. The van der Waals surface area contributed by atoms with Gasteiger partial charge in [-0.15, -0.1) is 0 Å². The molecular formula is C16H20O4. The van der Waals surface area contributed by atoms with Gasteiger partial charge in [-0.3, -0.25) is 0 Å². The first kappa shape index (κ1) is 17.7. The Morgan fingerprint density at radius 3 is 2.30 bits per heavy atom. The number of aliphatic carboxylic acids is 1. The summed E-state index contributed by atoms with van der Waals surface area (Å²) in [4.78, 5) is 10.6. The number of carboxylic acid groups (broad SMARTS) is 1. The van der Waals surface area contributed by atoms with Crippen molar-refractivity contribution in [3.63, 3.8) is 0 Å². The van der Waals surface area contributed by atoms with Crippen molar-refractivity contribution in [2.24, 2.45) is 0 Å². The van der Waals surface area contributed by atoms with Gasteiger partial charge >= 0.3 is 5.97 Å².